The van der Waals surface area contributed by atoms with Crippen LogP contribution in [0.15, 0.2) is 30.3 Å². The zero-order chi connectivity index (χ0) is 12.3. The van der Waals surface area contributed by atoms with Crippen LogP contribution in [-0.4, -0.2) is 22.7 Å². The van der Waals surface area contributed by atoms with E-state index < -0.39 is 6.10 Å². The van der Waals surface area contributed by atoms with Gasteiger partial charge in [-0.15, -0.1) is 0 Å². The molecule has 4 heteroatoms. The maximum absolute atomic E-state index is 12.0. The molecule has 1 aromatic rings. The van der Waals surface area contributed by atoms with E-state index >= 15 is 0 Å². The zero-order valence-corrected chi connectivity index (χ0v) is 10.9. The van der Waals surface area contributed by atoms with E-state index in [1.807, 2.05) is 30.3 Å². The van der Waals surface area contributed by atoms with Gasteiger partial charge in [-0.05, 0) is 12.0 Å². The quantitative estimate of drug-likeness (QED) is 0.632. The van der Waals surface area contributed by atoms with Crippen LogP contribution in [0.2, 0.25) is 0 Å². The van der Waals surface area contributed by atoms with E-state index in [-0.39, 0.29) is 16.6 Å². The molecular formula is C13H13BrO3. The summed E-state index contributed by atoms with van der Waals surface area (Å²) < 4.78 is 4.96. The SMILES string of the molecule is O=C1CCC(C(=O)C(Br)Cc2ccccc2)O1. The largest absolute Gasteiger partial charge is 0.454 e. The number of esters is 1. The average molecular weight is 297 g/mol. The molecule has 0 spiro atoms. The van der Waals surface area contributed by atoms with Gasteiger partial charge in [0.25, 0.3) is 0 Å². The van der Waals surface area contributed by atoms with Crippen molar-refractivity contribution in [2.45, 2.75) is 30.2 Å². The van der Waals surface area contributed by atoms with Crippen LogP contribution in [0, 0.1) is 0 Å². The van der Waals surface area contributed by atoms with Crippen LogP contribution >= 0.6 is 15.9 Å². The molecule has 17 heavy (non-hydrogen) atoms. The van der Waals surface area contributed by atoms with Crippen LogP contribution in [0.1, 0.15) is 18.4 Å². The van der Waals surface area contributed by atoms with Gasteiger partial charge in [-0.2, -0.15) is 0 Å². The van der Waals surface area contributed by atoms with E-state index in [0.717, 1.165) is 5.56 Å². The molecule has 0 N–H and O–H groups in total. The third-order valence-corrected chi connectivity index (χ3v) is 3.54. The van der Waals surface area contributed by atoms with Crippen LogP contribution in [0.5, 0.6) is 0 Å². The number of carbonyl (C=O) groups is 2. The van der Waals surface area contributed by atoms with Crippen LogP contribution in [0.25, 0.3) is 0 Å². The maximum Gasteiger partial charge on any atom is 0.306 e. The fraction of sp³-hybridized carbons (Fsp3) is 0.385. The average Bonchev–Trinajstić information content (AvgIpc) is 2.76. The smallest absolute Gasteiger partial charge is 0.306 e. The van der Waals surface area contributed by atoms with Crippen LogP contribution < -0.4 is 0 Å². The summed E-state index contributed by atoms with van der Waals surface area (Å²) in [5.41, 5.74) is 1.09. The van der Waals surface area contributed by atoms with Gasteiger partial charge in [0, 0.05) is 12.8 Å². The number of Topliss-reactive ketones (excluding diaryl/α,β-unsaturated/α-hetero) is 1. The first kappa shape index (κ1) is 12.3. The predicted octanol–water partition coefficient (Wildman–Crippen LogP) is 2.27. The van der Waals surface area contributed by atoms with E-state index in [2.05, 4.69) is 15.9 Å². The van der Waals surface area contributed by atoms with Crippen molar-refractivity contribution in [3.8, 4) is 0 Å². The van der Waals surface area contributed by atoms with Crippen molar-refractivity contribution in [2.24, 2.45) is 0 Å². The lowest BCUT2D eigenvalue weighted by Gasteiger charge is -2.13. The summed E-state index contributed by atoms with van der Waals surface area (Å²) in [5.74, 6) is -0.317. The Morgan fingerprint density at radius 1 is 1.41 bits per heavy atom. The molecule has 90 valence electrons. The maximum atomic E-state index is 12.0. The minimum atomic E-state index is -0.560. The summed E-state index contributed by atoms with van der Waals surface area (Å²) in [5, 5.41) is 0. The molecule has 1 aliphatic heterocycles. The van der Waals surface area contributed by atoms with Gasteiger partial charge in [0.2, 0.25) is 0 Å². The minimum Gasteiger partial charge on any atom is -0.454 e. The first-order valence-corrected chi connectivity index (χ1v) is 6.49. The molecule has 1 aliphatic rings. The zero-order valence-electron chi connectivity index (χ0n) is 9.27. The minimum absolute atomic E-state index is 0.0419. The summed E-state index contributed by atoms with van der Waals surface area (Å²) in [4.78, 5) is 22.6. The van der Waals surface area contributed by atoms with Crippen LogP contribution in [0.4, 0.5) is 0 Å². The highest BCUT2D eigenvalue weighted by molar-refractivity contribution is 9.10. The number of benzene rings is 1. The Bertz CT molecular complexity index is 416. The molecular weight excluding hydrogens is 284 g/mol. The fourth-order valence-electron chi connectivity index (χ4n) is 1.85. The summed E-state index contributed by atoms with van der Waals surface area (Å²) >= 11 is 3.37. The second-order valence-electron chi connectivity index (χ2n) is 4.08. The second-order valence-corrected chi connectivity index (χ2v) is 5.18. The summed E-state index contributed by atoms with van der Waals surface area (Å²) in [6, 6.07) is 9.77. The first-order chi connectivity index (χ1) is 8.16. The third kappa shape index (κ3) is 3.16. The second kappa shape index (κ2) is 5.45. The Morgan fingerprint density at radius 2 is 2.12 bits per heavy atom. The number of rotatable bonds is 4. The van der Waals surface area contributed by atoms with Crippen molar-refractivity contribution >= 4 is 27.7 Å². The molecule has 1 saturated heterocycles. The van der Waals surface area contributed by atoms with Gasteiger partial charge in [-0.3, -0.25) is 9.59 Å². The summed E-state index contributed by atoms with van der Waals surface area (Å²) in [7, 11) is 0. The van der Waals surface area contributed by atoms with Crippen LogP contribution in [-0.2, 0) is 20.7 Å². The normalized spacial score (nSPS) is 21.0. The molecule has 1 heterocycles. The van der Waals surface area contributed by atoms with Crippen LogP contribution in [0.3, 0.4) is 0 Å². The van der Waals surface area contributed by atoms with Crippen molar-refractivity contribution < 1.29 is 14.3 Å². The fourth-order valence-corrected chi connectivity index (χ4v) is 2.52. The molecule has 0 radical (unpaired) electrons. The van der Waals surface area contributed by atoms with Crippen molar-refractivity contribution in [3.63, 3.8) is 0 Å². The lowest BCUT2D eigenvalue weighted by molar-refractivity contribution is -0.147. The molecule has 0 aromatic heterocycles. The number of hydrogen-bond acceptors (Lipinski definition) is 3. The number of alkyl halides is 1. The number of cyclic esters (lactones) is 1. The molecule has 1 aromatic carbocycles. The third-order valence-electron chi connectivity index (χ3n) is 2.77. The van der Waals surface area contributed by atoms with Crippen molar-refractivity contribution in [1.29, 1.82) is 0 Å². The highest BCUT2D eigenvalue weighted by atomic mass is 79.9. The molecule has 0 saturated carbocycles. The molecule has 0 amide bonds. The highest BCUT2D eigenvalue weighted by Gasteiger charge is 2.33. The Labute approximate surface area is 108 Å². The van der Waals surface area contributed by atoms with Gasteiger partial charge >= 0.3 is 5.97 Å². The highest BCUT2D eigenvalue weighted by Crippen LogP contribution is 2.20. The summed E-state index contributed by atoms with van der Waals surface area (Å²) in [6.45, 7) is 0. The van der Waals surface area contributed by atoms with E-state index in [4.69, 9.17) is 4.74 Å². The monoisotopic (exact) mass is 296 g/mol. The topological polar surface area (TPSA) is 43.4 Å². The van der Waals surface area contributed by atoms with Crippen molar-refractivity contribution in [2.75, 3.05) is 0 Å². The Hall–Kier alpha value is -1.16. The molecule has 0 aliphatic carbocycles. The molecule has 2 atom stereocenters. The number of halogens is 1. The molecule has 2 rings (SSSR count). The van der Waals surface area contributed by atoms with Gasteiger partial charge in [-0.25, -0.2) is 0 Å². The Kier molecular flexibility index (Phi) is 3.94. The summed E-state index contributed by atoms with van der Waals surface area (Å²) in [6.07, 6.45) is 0.916. The van der Waals surface area contributed by atoms with Gasteiger partial charge in [0.05, 0.1) is 4.83 Å². The lowest BCUT2D eigenvalue weighted by atomic mass is 10.0. The predicted molar refractivity (Wildman–Crippen MR) is 67.0 cm³/mol. The molecule has 2 unspecified atom stereocenters. The van der Waals surface area contributed by atoms with E-state index in [1.54, 1.807) is 0 Å². The molecule has 1 fully saturated rings. The number of hydrogen-bond donors (Lipinski definition) is 0. The van der Waals surface area contributed by atoms with Gasteiger partial charge in [-0.1, -0.05) is 46.3 Å². The number of ketones is 1. The Morgan fingerprint density at radius 3 is 2.71 bits per heavy atom. The Balaban J connectivity index is 1.94. The molecule has 3 nitrogen and oxygen atoms in total. The van der Waals surface area contributed by atoms with Gasteiger partial charge in [0.1, 0.15) is 0 Å². The van der Waals surface area contributed by atoms with E-state index in [0.29, 0.717) is 19.3 Å². The standard InChI is InChI=1S/C13H13BrO3/c14-10(8-9-4-2-1-3-5-9)13(16)11-6-7-12(15)17-11/h1-5,10-11H,6-8H2. The van der Waals surface area contributed by atoms with Gasteiger partial charge in [0.15, 0.2) is 11.9 Å². The van der Waals surface area contributed by atoms with E-state index in [1.165, 1.54) is 0 Å². The number of ether oxygens (including phenoxy) is 1. The lowest BCUT2D eigenvalue weighted by Crippen LogP contribution is -2.29. The van der Waals surface area contributed by atoms with E-state index in [9.17, 15) is 9.59 Å². The first-order valence-electron chi connectivity index (χ1n) is 5.58. The molecule has 0 bridgehead atoms. The number of carbonyl (C=O) groups excluding carboxylic acids is 2. The van der Waals surface area contributed by atoms with Crippen molar-refractivity contribution in [1.82, 2.24) is 0 Å². The van der Waals surface area contributed by atoms with Crippen molar-refractivity contribution in [3.05, 3.63) is 35.9 Å². The van der Waals surface area contributed by atoms with Gasteiger partial charge < -0.3 is 4.74 Å².